The molecule has 0 radical (unpaired) electrons. The minimum absolute atomic E-state index is 0.0495. The van der Waals surface area contributed by atoms with Crippen molar-refractivity contribution >= 4 is 54.9 Å². The number of carboxylic acids is 1. The van der Waals surface area contributed by atoms with E-state index in [-0.39, 0.29) is 21.6 Å². The summed E-state index contributed by atoms with van der Waals surface area (Å²) >= 11 is 10.0. The van der Waals surface area contributed by atoms with Gasteiger partial charge in [-0.2, -0.15) is 4.72 Å². The average molecular weight is 391 g/mol. The average Bonchev–Trinajstić information content (AvgIpc) is 2.56. The number of thiophene rings is 1. The van der Waals surface area contributed by atoms with E-state index in [1.807, 2.05) is 13.8 Å². The number of aliphatic carboxylic acids is 1. The van der Waals surface area contributed by atoms with Gasteiger partial charge in [-0.25, -0.2) is 8.42 Å². The number of hydrogen-bond acceptors (Lipinski definition) is 4. The zero-order chi connectivity index (χ0) is 14.8. The number of hydrogen-bond donors (Lipinski definition) is 2. The third-order valence-electron chi connectivity index (χ3n) is 2.22. The highest BCUT2D eigenvalue weighted by Gasteiger charge is 2.28. The van der Waals surface area contributed by atoms with Crippen LogP contribution in [0.1, 0.15) is 20.3 Å². The van der Waals surface area contributed by atoms with Crippen LogP contribution in [0.2, 0.25) is 4.34 Å². The Bertz CT molecular complexity index is 570. The van der Waals surface area contributed by atoms with E-state index < -0.39 is 22.0 Å². The molecular formula is C10H13BrClNO4S2. The van der Waals surface area contributed by atoms with E-state index in [1.54, 1.807) is 0 Å². The van der Waals surface area contributed by atoms with E-state index in [9.17, 15) is 13.2 Å². The van der Waals surface area contributed by atoms with Gasteiger partial charge in [0.1, 0.15) is 15.3 Å². The lowest BCUT2D eigenvalue weighted by Gasteiger charge is -2.16. The number of carbonyl (C=O) groups is 1. The van der Waals surface area contributed by atoms with Crippen LogP contribution in [0, 0.1) is 5.92 Å². The van der Waals surface area contributed by atoms with Gasteiger partial charge < -0.3 is 5.11 Å². The third kappa shape index (κ3) is 4.71. The summed E-state index contributed by atoms with van der Waals surface area (Å²) in [6.07, 6.45) is 0.206. The number of sulfonamides is 1. The Morgan fingerprint density at radius 2 is 2.16 bits per heavy atom. The summed E-state index contributed by atoms with van der Waals surface area (Å²) in [6, 6.07) is 0.184. The molecule has 1 heterocycles. The summed E-state index contributed by atoms with van der Waals surface area (Å²) in [5.41, 5.74) is 0. The summed E-state index contributed by atoms with van der Waals surface area (Å²) in [6.45, 7) is 3.64. The van der Waals surface area contributed by atoms with Crippen molar-refractivity contribution in [3.8, 4) is 0 Å². The first-order valence-corrected chi connectivity index (χ1v) is 8.80. The van der Waals surface area contributed by atoms with Gasteiger partial charge >= 0.3 is 5.97 Å². The number of halogens is 2. The van der Waals surface area contributed by atoms with Gasteiger partial charge in [-0.3, -0.25) is 4.79 Å². The van der Waals surface area contributed by atoms with E-state index in [2.05, 4.69) is 20.7 Å². The molecule has 9 heteroatoms. The van der Waals surface area contributed by atoms with Crippen LogP contribution in [0.15, 0.2) is 14.7 Å². The number of carboxylic acid groups (broad SMARTS) is 1. The SMILES string of the molecule is CC(C)CC(NS(=O)(=O)c1cc(Br)sc1Cl)C(=O)O. The smallest absolute Gasteiger partial charge is 0.321 e. The normalized spacial score (nSPS) is 13.7. The fourth-order valence-electron chi connectivity index (χ4n) is 1.43. The molecule has 0 saturated carbocycles. The molecule has 5 nitrogen and oxygen atoms in total. The van der Waals surface area contributed by atoms with Crippen LogP contribution < -0.4 is 4.72 Å². The first-order valence-electron chi connectivity index (χ1n) is 5.33. The third-order valence-corrected chi connectivity index (χ3v) is 5.82. The molecular weight excluding hydrogens is 378 g/mol. The van der Waals surface area contributed by atoms with Gasteiger partial charge in [0.15, 0.2) is 0 Å². The molecule has 0 aliphatic rings. The Labute approximate surface area is 129 Å². The molecule has 0 bridgehead atoms. The first-order chi connectivity index (χ1) is 8.63. The monoisotopic (exact) mass is 389 g/mol. The summed E-state index contributed by atoms with van der Waals surface area (Å²) in [7, 11) is -3.94. The molecule has 1 atom stereocenters. The van der Waals surface area contributed by atoms with Crippen molar-refractivity contribution in [2.24, 2.45) is 5.92 Å². The molecule has 2 N–H and O–H groups in total. The van der Waals surface area contributed by atoms with Crippen LogP contribution in [0.4, 0.5) is 0 Å². The molecule has 19 heavy (non-hydrogen) atoms. The van der Waals surface area contributed by atoms with Crippen LogP contribution in [-0.2, 0) is 14.8 Å². The second-order valence-electron chi connectivity index (χ2n) is 4.33. The van der Waals surface area contributed by atoms with E-state index >= 15 is 0 Å². The van der Waals surface area contributed by atoms with E-state index in [1.165, 1.54) is 6.07 Å². The fraction of sp³-hybridized carbons (Fsp3) is 0.500. The molecule has 1 rings (SSSR count). The van der Waals surface area contributed by atoms with Gasteiger partial charge in [-0.15, -0.1) is 11.3 Å². The van der Waals surface area contributed by atoms with Crippen LogP contribution in [0.3, 0.4) is 0 Å². The molecule has 1 unspecified atom stereocenters. The van der Waals surface area contributed by atoms with Crippen molar-refractivity contribution in [1.29, 1.82) is 0 Å². The highest BCUT2D eigenvalue weighted by atomic mass is 79.9. The van der Waals surface area contributed by atoms with Crippen molar-refractivity contribution in [3.63, 3.8) is 0 Å². The quantitative estimate of drug-likeness (QED) is 0.782. The van der Waals surface area contributed by atoms with Crippen LogP contribution in [0.5, 0.6) is 0 Å². The van der Waals surface area contributed by atoms with Crippen LogP contribution in [0.25, 0.3) is 0 Å². The largest absolute Gasteiger partial charge is 0.480 e. The standard InChI is InChI=1S/C10H13BrClNO4S2/c1-5(2)3-6(10(14)15)13-19(16,17)7-4-8(11)18-9(7)12/h4-6,13H,3H2,1-2H3,(H,14,15). The van der Waals surface area contributed by atoms with Crippen molar-refractivity contribution in [2.45, 2.75) is 31.2 Å². The van der Waals surface area contributed by atoms with Gasteiger partial charge in [0.2, 0.25) is 10.0 Å². The molecule has 108 valence electrons. The minimum atomic E-state index is -3.94. The summed E-state index contributed by atoms with van der Waals surface area (Å²) in [4.78, 5) is 11.0. The summed E-state index contributed by atoms with van der Waals surface area (Å²) in [5, 5.41) is 9.04. The molecule has 0 aliphatic heterocycles. The number of nitrogens with one attached hydrogen (secondary N) is 1. The maximum Gasteiger partial charge on any atom is 0.321 e. The Balaban J connectivity index is 3.01. The predicted octanol–water partition coefficient (Wildman–Crippen LogP) is 2.94. The molecule has 0 amide bonds. The van der Waals surface area contributed by atoms with E-state index in [4.69, 9.17) is 16.7 Å². The van der Waals surface area contributed by atoms with Gasteiger partial charge in [-0.1, -0.05) is 25.4 Å². The first kappa shape index (κ1) is 16.9. The Morgan fingerprint density at radius 1 is 1.58 bits per heavy atom. The van der Waals surface area contributed by atoms with E-state index in [0.717, 1.165) is 11.3 Å². The number of rotatable bonds is 6. The van der Waals surface area contributed by atoms with Crippen molar-refractivity contribution < 1.29 is 18.3 Å². The maximum absolute atomic E-state index is 12.1. The Hall–Kier alpha value is -0.150. The predicted molar refractivity (Wildman–Crippen MR) is 78.2 cm³/mol. The summed E-state index contributed by atoms with van der Waals surface area (Å²) < 4.78 is 27.0. The lowest BCUT2D eigenvalue weighted by Crippen LogP contribution is -2.41. The lowest BCUT2D eigenvalue weighted by molar-refractivity contribution is -0.139. The maximum atomic E-state index is 12.1. The Morgan fingerprint density at radius 3 is 2.53 bits per heavy atom. The molecule has 0 saturated heterocycles. The van der Waals surface area contributed by atoms with Gasteiger partial charge in [0.25, 0.3) is 0 Å². The minimum Gasteiger partial charge on any atom is -0.480 e. The zero-order valence-electron chi connectivity index (χ0n) is 10.2. The lowest BCUT2D eigenvalue weighted by atomic mass is 10.1. The van der Waals surface area contributed by atoms with Crippen LogP contribution >= 0.6 is 38.9 Å². The fourth-order valence-corrected chi connectivity index (χ4v) is 5.40. The second-order valence-corrected chi connectivity index (χ2v) is 9.05. The van der Waals surface area contributed by atoms with Gasteiger partial charge in [0.05, 0.1) is 3.79 Å². The zero-order valence-corrected chi connectivity index (χ0v) is 14.2. The molecule has 1 aromatic rings. The molecule has 0 spiro atoms. The second kappa shape index (κ2) is 6.53. The molecule has 0 aromatic carbocycles. The topological polar surface area (TPSA) is 83.5 Å². The Kier molecular flexibility index (Phi) is 5.81. The highest BCUT2D eigenvalue weighted by Crippen LogP contribution is 2.34. The summed E-state index contributed by atoms with van der Waals surface area (Å²) in [5.74, 6) is -1.16. The van der Waals surface area contributed by atoms with Crippen LogP contribution in [-0.4, -0.2) is 25.5 Å². The van der Waals surface area contributed by atoms with Crippen molar-refractivity contribution in [2.75, 3.05) is 0 Å². The molecule has 0 fully saturated rings. The van der Waals surface area contributed by atoms with Gasteiger partial charge in [0, 0.05) is 0 Å². The van der Waals surface area contributed by atoms with Crippen molar-refractivity contribution in [1.82, 2.24) is 4.72 Å². The molecule has 1 aromatic heterocycles. The highest BCUT2D eigenvalue weighted by molar-refractivity contribution is 9.11. The molecule has 0 aliphatic carbocycles. The van der Waals surface area contributed by atoms with E-state index in [0.29, 0.717) is 3.79 Å². The van der Waals surface area contributed by atoms with Gasteiger partial charge in [-0.05, 0) is 34.3 Å². The van der Waals surface area contributed by atoms with Crippen molar-refractivity contribution in [3.05, 3.63) is 14.2 Å².